The van der Waals surface area contributed by atoms with E-state index in [0.29, 0.717) is 23.9 Å². The molecule has 12 heteroatoms. The van der Waals surface area contributed by atoms with E-state index in [1.54, 1.807) is 0 Å². The van der Waals surface area contributed by atoms with Gasteiger partial charge in [0.25, 0.3) is 10.0 Å². The zero-order valence-corrected chi connectivity index (χ0v) is 17.1. The van der Waals surface area contributed by atoms with Crippen LogP contribution in [0, 0.1) is 5.82 Å². The largest absolute Gasteiger partial charge is 0.493 e. The van der Waals surface area contributed by atoms with Crippen LogP contribution in [-0.2, 0) is 16.2 Å². The molecule has 30 heavy (non-hydrogen) atoms. The topological polar surface area (TPSA) is 77.5 Å². The first-order valence-electron chi connectivity index (χ1n) is 8.12. The molecule has 3 aromatic rings. The molecule has 0 bridgehead atoms. The number of hydrogen-bond donors (Lipinski definition) is 1. The van der Waals surface area contributed by atoms with Gasteiger partial charge in [-0.25, -0.2) is 17.8 Å². The van der Waals surface area contributed by atoms with Crippen molar-refractivity contribution in [3.63, 3.8) is 0 Å². The summed E-state index contributed by atoms with van der Waals surface area (Å²) in [6.07, 6.45) is -4.66. The number of aromatic nitrogens is 1. The summed E-state index contributed by atoms with van der Waals surface area (Å²) >= 11 is 0.800. The van der Waals surface area contributed by atoms with Crippen molar-refractivity contribution in [2.75, 3.05) is 18.9 Å². The monoisotopic (exact) mass is 462 g/mol. The van der Waals surface area contributed by atoms with E-state index in [1.165, 1.54) is 37.8 Å². The number of methoxy groups -OCH3 is 2. The molecule has 0 fully saturated rings. The predicted molar refractivity (Wildman–Crippen MR) is 103 cm³/mol. The first-order chi connectivity index (χ1) is 14.0. The van der Waals surface area contributed by atoms with Crippen LogP contribution in [-0.4, -0.2) is 27.6 Å². The zero-order valence-electron chi connectivity index (χ0n) is 15.5. The minimum atomic E-state index is -4.66. The van der Waals surface area contributed by atoms with Gasteiger partial charge in [-0.15, -0.1) is 11.3 Å². The number of anilines is 1. The number of alkyl halides is 3. The van der Waals surface area contributed by atoms with E-state index in [4.69, 9.17) is 9.47 Å². The van der Waals surface area contributed by atoms with Crippen molar-refractivity contribution in [3.05, 3.63) is 53.2 Å². The Labute approximate surface area is 173 Å². The average molecular weight is 462 g/mol. The van der Waals surface area contributed by atoms with Crippen LogP contribution in [0.3, 0.4) is 0 Å². The zero-order chi connectivity index (χ0) is 22.1. The van der Waals surface area contributed by atoms with E-state index in [0.717, 1.165) is 11.3 Å². The van der Waals surface area contributed by atoms with E-state index in [1.807, 2.05) is 0 Å². The number of sulfonamides is 1. The van der Waals surface area contributed by atoms with E-state index in [9.17, 15) is 26.0 Å². The smallest absolute Gasteiger partial charge is 0.416 e. The minimum Gasteiger partial charge on any atom is -0.493 e. The lowest BCUT2D eigenvalue weighted by atomic mass is 10.1. The minimum absolute atomic E-state index is 0.131. The molecule has 0 saturated heterocycles. The molecule has 1 aromatic heterocycles. The first kappa shape index (κ1) is 21.8. The van der Waals surface area contributed by atoms with Gasteiger partial charge in [-0.3, -0.25) is 4.72 Å². The van der Waals surface area contributed by atoms with Gasteiger partial charge < -0.3 is 9.47 Å². The second kappa shape index (κ2) is 8.11. The summed E-state index contributed by atoms with van der Waals surface area (Å²) in [5.41, 5.74) is -1.56. The molecule has 1 heterocycles. The van der Waals surface area contributed by atoms with Gasteiger partial charge in [-0.2, -0.15) is 13.2 Å². The normalized spacial score (nSPS) is 11.9. The number of rotatable bonds is 6. The molecule has 0 spiro atoms. The summed E-state index contributed by atoms with van der Waals surface area (Å²) in [5.74, 6) is -0.401. The molecule has 0 unspecified atom stereocenters. The third kappa shape index (κ3) is 4.49. The molecular formula is C18H14F4N2O4S2. The van der Waals surface area contributed by atoms with Crippen molar-refractivity contribution in [1.82, 2.24) is 4.98 Å². The maximum absolute atomic E-state index is 14.0. The van der Waals surface area contributed by atoms with Crippen LogP contribution < -0.4 is 14.2 Å². The lowest BCUT2D eigenvalue weighted by Crippen LogP contribution is -2.13. The molecule has 3 rings (SSSR count). The fourth-order valence-electron chi connectivity index (χ4n) is 2.50. The maximum atomic E-state index is 14.0. The lowest BCUT2D eigenvalue weighted by Gasteiger charge is -2.10. The van der Waals surface area contributed by atoms with Crippen LogP contribution >= 0.6 is 11.3 Å². The number of halogens is 4. The van der Waals surface area contributed by atoms with E-state index in [-0.39, 0.29) is 21.5 Å². The Morgan fingerprint density at radius 2 is 1.73 bits per heavy atom. The second-order valence-corrected chi connectivity index (χ2v) is 8.39. The van der Waals surface area contributed by atoms with Crippen molar-refractivity contribution < 1.29 is 35.5 Å². The number of hydrogen-bond acceptors (Lipinski definition) is 6. The Hall–Kier alpha value is -2.86. The second-order valence-electron chi connectivity index (χ2n) is 5.85. The number of nitrogens with zero attached hydrogens (tertiary/aromatic N) is 1. The van der Waals surface area contributed by atoms with Crippen molar-refractivity contribution >= 4 is 26.5 Å². The highest BCUT2D eigenvalue weighted by molar-refractivity contribution is 7.93. The molecule has 160 valence electrons. The van der Waals surface area contributed by atoms with Crippen molar-refractivity contribution in [3.8, 4) is 22.8 Å². The van der Waals surface area contributed by atoms with Crippen LogP contribution in [0.4, 0.5) is 22.7 Å². The fourth-order valence-corrected chi connectivity index (χ4v) is 4.48. The molecule has 0 saturated carbocycles. The van der Waals surface area contributed by atoms with Gasteiger partial charge >= 0.3 is 6.18 Å². The van der Waals surface area contributed by atoms with Crippen LogP contribution in [0.2, 0.25) is 0 Å². The van der Waals surface area contributed by atoms with Gasteiger partial charge in [-0.1, -0.05) is 0 Å². The summed E-state index contributed by atoms with van der Waals surface area (Å²) < 4.78 is 90.3. The third-order valence-electron chi connectivity index (χ3n) is 3.96. The summed E-state index contributed by atoms with van der Waals surface area (Å²) in [6, 6.07) is 5.85. The quantitative estimate of drug-likeness (QED) is 0.534. The number of benzene rings is 2. The summed E-state index contributed by atoms with van der Waals surface area (Å²) in [4.78, 5) is 3.77. The standard InChI is InChI=1S/C18H14F4N2O4S2/c1-27-15-6-4-11(8-16(15)28-2)30(25,26)24-17-23-14(9-29-17)12-7-10(18(20,21)22)3-5-13(12)19/h3-9H,1-2H3,(H,23,24). The SMILES string of the molecule is COc1ccc(S(=O)(=O)Nc2nc(-c3cc(C(F)(F)F)ccc3F)cs2)cc1OC. The lowest BCUT2D eigenvalue weighted by molar-refractivity contribution is -0.137. The van der Waals surface area contributed by atoms with Crippen LogP contribution in [0.25, 0.3) is 11.3 Å². The molecule has 0 aliphatic carbocycles. The molecule has 2 aromatic carbocycles. The maximum Gasteiger partial charge on any atom is 0.416 e. The Bertz CT molecular complexity index is 1180. The van der Waals surface area contributed by atoms with Crippen molar-refractivity contribution in [2.24, 2.45) is 0 Å². The first-order valence-corrected chi connectivity index (χ1v) is 10.5. The number of nitrogens with one attached hydrogen (secondary N) is 1. The van der Waals surface area contributed by atoms with Gasteiger partial charge in [0.15, 0.2) is 16.6 Å². The Kier molecular flexibility index (Phi) is 5.90. The van der Waals surface area contributed by atoms with E-state index in [2.05, 4.69) is 9.71 Å². The highest BCUT2D eigenvalue weighted by Gasteiger charge is 2.31. The Morgan fingerprint density at radius 1 is 1.03 bits per heavy atom. The molecule has 0 amide bonds. The molecule has 0 atom stereocenters. The van der Waals surface area contributed by atoms with E-state index < -0.39 is 33.1 Å². The molecule has 1 N–H and O–H groups in total. The van der Waals surface area contributed by atoms with Crippen LogP contribution in [0.1, 0.15) is 5.56 Å². The van der Waals surface area contributed by atoms with E-state index >= 15 is 0 Å². The summed E-state index contributed by atoms with van der Waals surface area (Å²) in [6.45, 7) is 0. The van der Waals surface area contributed by atoms with Crippen LogP contribution in [0.15, 0.2) is 46.7 Å². The van der Waals surface area contributed by atoms with Gasteiger partial charge in [0, 0.05) is 17.0 Å². The highest BCUT2D eigenvalue weighted by atomic mass is 32.2. The van der Waals surface area contributed by atoms with Crippen molar-refractivity contribution in [1.29, 1.82) is 0 Å². The number of thiazole rings is 1. The summed E-state index contributed by atoms with van der Waals surface area (Å²) in [5, 5.41) is 1.11. The van der Waals surface area contributed by atoms with Crippen LogP contribution in [0.5, 0.6) is 11.5 Å². The van der Waals surface area contributed by atoms with Gasteiger partial charge in [0.2, 0.25) is 0 Å². The van der Waals surface area contributed by atoms with Gasteiger partial charge in [0.1, 0.15) is 5.82 Å². The Balaban J connectivity index is 1.91. The predicted octanol–water partition coefficient (Wildman–Crippen LogP) is 4.79. The van der Waals surface area contributed by atoms with Gasteiger partial charge in [-0.05, 0) is 30.3 Å². The fraction of sp³-hybridized carbons (Fsp3) is 0.167. The average Bonchev–Trinajstić information content (AvgIpc) is 3.14. The number of ether oxygens (including phenoxy) is 2. The highest BCUT2D eigenvalue weighted by Crippen LogP contribution is 2.35. The Morgan fingerprint density at radius 3 is 2.37 bits per heavy atom. The molecular weight excluding hydrogens is 448 g/mol. The van der Waals surface area contributed by atoms with Gasteiger partial charge in [0.05, 0.1) is 30.4 Å². The molecule has 0 aliphatic rings. The summed E-state index contributed by atoms with van der Waals surface area (Å²) in [7, 11) is -1.35. The molecule has 6 nitrogen and oxygen atoms in total. The third-order valence-corrected chi connectivity index (χ3v) is 6.18. The molecule has 0 aliphatic heterocycles. The molecule has 0 radical (unpaired) electrons. The van der Waals surface area contributed by atoms with Crippen molar-refractivity contribution in [2.45, 2.75) is 11.1 Å².